The number of nitrogens with two attached hydrogens (primary N) is 1. The molecule has 2 bridgehead atoms. The number of carbonyl (C=O) groups is 3. The van der Waals surface area contributed by atoms with Gasteiger partial charge >= 0.3 is 0 Å². The highest BCUT2D eigenvalue weighted by Gasteiger charge is 2.68. The molecule has 6 unspecified atom stereocenters. The summed E-state index contributed by atoms with van der Waals surface area (Å²) in [6.45, 7) is 1.75. The summed E-state index contributed by atoms with van der Waals surface area (Å²) in [4.78, 5) is 39.2. The molecular formula is C19H20N2O3. The van der Waals surface area contributed by atoms with Crippen LogP contribution in [-0.2, 0) is 9.59 Å². The molecule has 1 aromatic rings. The van der Waals surface area contributed by atoms with E-state index in [4.69, 9.17) is 5.73 Å². The number of fused-ring (bicyclic) bond motifs is 1. The number of primary amides is 1. The number of rotatable bonds is 2. The first-order valence-electron chi connectivity index (χ1n) is 8.78. The van der Waals surface area contributed by atoms with Crippen LogP contribution in [0.1, 0.15) is 35.2 Å². The van der Waals surface area contributed by atoms with E-state index in [1.807, 2.05) is 0 Å². The van der Waals surface area contributed by atoms with Crippen LogP contribution < -0.4 is 10.6 Å². The predicted octanol–water partition coefficient (Wildman–Crippen LogP) is 1.88. The minimum absolute atomic E-state index is 0.0604. The largest absolute Gasteiger partial charge is 0.366 e. The molecule has 0 aromatic heterocycles. The maximum atomic E-state index is 13.1. The Morgan fingerprint density at radius 3 is 2.17 bits per heavy atom. The molecule has 3 amide bonds. The average molecular weight is 324 g/mol. The van der Waals surface area contributed by atoms with Gasteiger partial charge in [0.25, 0.3) is 0 Å². The fraction of sp³-hybridized carbons (Fsp3) is 0.526. The topological polar surface area (TPSA) is 80.5 Å². The van der Waals surface area contributed by atoms with E-state index < -0.39 is 5.91 Å². The summed E-state index contributed by atoms with van der Waals surface area (Å²) in [6, 6.07) is 5.08. The molecule has 1 saturated heterocycles. The summed E-state index contributed by atoms with van der Waals surface area (Å²) < 4.78 is 0. The first-order valence-corrected chi connectivity index (χ1v) is 8.78. The molecule has 1 aromatic carbocycles. The molecule has 24 heavy (non-hydrogen) atoms. The second kappa shape index (κ2) is 4.47. The molecule has 4 aliphatic carbocycles. The maximum Gasteiger partial charge on any atom is 0.249 e. The maximum absolute atomic E-state index is 13.1. The SMILES string of the molecule is Cc1c(C(N)=O)cccc1N1C(=O)C2C3CCC(C4CC43)C2C1=O. The quantitative estimate of drug-likeness (QED) is 0.843. The lowest BCUT2D eigenvalue weighted by Gasteiger charge is -2.42. The second-order valence-electron chi connectivity index (χ2n) is 7.85. The number of carbonyl (C=O) groups excluding carboxylic acids is 3. The number of nitrogens with zero attached hydrogens (tertiary/aromatic N) is 1. The first-order chi connectivity index (χ1) is 11.5. The van der Waals surface area contributed by atoms with Crippen molar-refractivity contribution in [1.82, 2.24) is 0 Å². The summed E-state index contributed by atoms with van der Waals surface area (Å²) >= 11 is 0. The van der Waals surface area contributed by atoms with E-state index in [1.54, 1.807) is 25.1 Å². The highest BCUT2D eigenvalue weighted by Crippen LogP contribution is 2.68. The third-order valence-corrected chi connectivity index (χ3v) is 6.96. The van der Waals surface area contributed by atoms with Crippen LogP contribution in [0.15, 0.2) is 18.2 Å². The van der Waals surface area contributed by atoms with Crippen molar-refractivity contribution in [2.24, 2.45) is 41.2 Å². The van der Waals surface area contributed by atoms with Gasteiger partial charge in [0.2, 0.25) is 17.7 Å². The van der Waals surface area contributed by atoms with E-state index in [1.165, 1.54) is 11.3 Å². The molecular weight excluding hydrogens is 304 g/mol. The molecule has 5 nitrogen and oxygen atoms in total. The molecule has 124 valence electrons. The fourth-order valence-corrected chi connectivity index (χ4v) is 5.91. The van der Waals surface area contributed by atoms with Gasteiger partial charge < -0.3 is 5.73 Å². The fourth-order valence-electron chi connectivity index (χ4n) is 5.91. The zero-order valence-electron chi connectivity index (χ0n) is 13.6. The highest BCUT2D eigenvalue weighted by molar-refractivity contribution is 6.23. The van der Waals surface area contributed by atoms with Crippen molar-refractivity contribution in [3.8, 4) is 0 Å². The van der Waals surface area contributed by atoms with E-state index in [0.29, 0.717) is 40.5 Å². The molecule has 5 aliphatic rings. The van der Waals surface area contributed by atoms with Crippen molar-refractivity contribution in [2.75, 3.05) is 4.90 Å². The van der Waals surface area contributed by atoms with Gasteiger partial charge in [-0.1, -0.05) is 6.07 Å². The molecule has 6 atom stereocenters. The van der Waals surface area contributed by atoms with Gasteiger partial charge in [0, 0.05) is 5.56 Å². The normalized spacial score (nSPS) is 39.0. The van der Waals surface area contributed by atoms with Crippen molar-refractivity contribution < 1.29 is 14.4 Å². The van der Waals surface area contributed by atoms with Gasteiger partial charge in [-0.25, -0.2) is 4.90 Å². The lowest BCUT2D eigenvalue weighted by molar-refractivity contribution is -0.129. The Hall–Kier alpha value is -2.17. The summed E-state index contributed by atoms with van der Waals surface area (Å²) in [5.74, 6) is 1.15. The molecule has 5 fully saturated rings. The monoisotopic (exact) mass is 324 g/mol. The Balaban J connectivity index is 1.59. The summed E-state index contributed by atoms with van der Waals surface area (Å²) in [5.41, 5.74) is 6.93. The Labute approximate surface area is 140 Å². The molecule has 0 spiro atoms. The third-order valence-electron chi connectivity index (χ3n) is 6.96. The van der Waals surface area contributed by atoms with E-state index in [9.17, 15) is 14.4 Å². The standard InChI is InChI=1S/C19H20N2O3/c1-8-9(17(20)22)3-2-4-14(8)21-18(23)15-10-5-6-11(13-7-12(10)13)16(15)19(21)24/h2-4,10-13,15-16H,5-7H2,1H3,(H2,20,22). The lowest BCUT2D eigenvalue weighted by Crippen LogP contribution is -2.43. The van der Waals surface area contributed by atoms with Crippen LogP contribution in [0.2, 0.25) is 0 Å². The summed E-state index contributed by atoms with van der Waals surface area (Å²) in [6.07, 6.45) is 3.37. The molecule has 1 aliphatic heterocycles. The first kappa shape index (κ1) is 14.2. The number of hydrogen-bond donors (Lipinski definition) is 1. The van der Waals surface area contributed by atoms with Crippen LogP contribution in [0.3, 0.4) is 0 Å². The van der Waals surface area contributed by atoms with Gasteiger partial charge in [-0.05, 0) is 67.6 Å². The van der Waals surface area contributed by atoms with Gasteiger partial charge in [-0.3, -0.25) is 14.4 Å². The van der Waals surface area contributed by atoms with Crippen LogP contribution in [0.4, 0.5) is 5.69 Å². The molecule has 2 N–H and O–H groups in total. The van der Waals surface area contributed by atoms with Gasteiger partial charge in [0.05, 0.1) is 17.5 Å². The molecule has 6 rings (SSSR count). The van der Waals surface area contributed by atoms with Crippen LogP contribution >= 0.6 is 0 Å². The molecule has 5 heteroatoms. The van der Waals surface area contributed by atoms with Crippen LogP contribution in [0.25, 0.3) is 0 Å². The van der Waals surface area contributed by atoms with Gasteiger partial charge in [0.1, 0.15) is 0 Å². The minimum Gasteiger partial charge on any atom is -0.366 e. The highest BCUT2D eigenvalue weighted by atomic mass is 16.2. The van der Waals surface area contributed by atoms with Crippen molar-refractivity contribution >= 4 is 23.4 Å². The molecule has 4 saturated carbocycles. The van der Waals surface area contributed by atoms with Gasteiger partial charge in [0.15, 0.2) is 0 Å². The Morgan fingerprint density at radius 2 is 1.62 bits per heavy atom. The van der Waals surface area contributed by atoms with Crippen molar-refractivity contribution in [3.05, 3.63) is 29.3 Å². The van der Waals surface area contributed by atoms with Crippen molar-refractivity contribution in [1.29, 1.82) is 0 Å². The molecule has 1 heterocycles. The second-order valence-corrected chi connectivity index (χ2v) is 7.85. The number of amides is 3. The van der Waals surface area contributed by atoms with Gasteiger partial charge in [-0.15, -0.1) is 0 Å². The number of benzene rings is 1. The Morgan fingerprint density at radius 1 is 1.04 bits per heavy atom. The molecule has 0 radical (unpaired) electrons. The van der Waals surface area contributed by atoms with Crippen molar-refractivity contribution in [3.63, 3.8) is 0 Å². The van der Waals surface area contributed by atoms with E-state index in [-0.39, 0.29) is 23.7 Å². The zero-order valence-corrected chi connectivity index (χ0v) is 13.6. The lowest BCUT2D eigenvalue weighted by atomic mass is 9.59. The van der Waals surface area contributed by atoms with E-state index >= 15 is 0 Å². The van der Waals surface area contributed by atoms with E-state index in [0.717, 1.165) is 12.8 Å². The van der Waals surface area contributed by atoms with Crippen molar-refractivity contribution in [2.45, 2.75) is 26.2 Å². The predicted molar refractivity (Wildman–Crippen MR) is 87.0 cm³/mol. The van der Waals surface area contributed by atoms with E-state index in [2.05, 4.69) is 0 Å². The zero-order chi connectivity index (χ0) is 16.7. The average Bonchev–Trinajstić information content (AvgIpc) is 3.33. The third kappa shape index (κ3) is 1.57. The Bertz CT molecular complexity index is 768. The van der Waals surface area contributed by atoms with Gasteiger partial charge in [-0.2, -0.15) is 0 Å². The van der Waals surface area contributed by atoms with Crippen LogP contribution in [0, 0.1) is 42.4 Å². The number of imide groups is 1. The summed E-state index contributed by atoms with van der Waals surface area (Å²) in [7, 11) is 0. The number of anilines is 1. The summed E-state index contributed by atoms with van der Waals surface area (Å²) in [5, 5.41) is 0. The van der Waals surface area contributed by atoms with Crippen LogP contribution in [0.5, 0.6) is 0 Å². The number of hydrogen-bond acceptors (Lipinski definition) is 3. The Kier molecular flexibility index (Phi) is 2.64. The smallest absolute Gasteiger partial charge is 0.249 e. The minimum atomic E-state index is -0.535. The van der Waals surface area contributed by atoms with Crippen LogP contribution in [-0.4, -0.2) is 17.7 Å².